The molecular formula is C15H12N2. The van der Waals surface area contributed by atoms with Crippen LogP contribution in [0.2, 0.25) is 0 Å². The molecule has 0 atom stereocenters. The van der Waals surface area contributed by atoms with Gasteiger partial charge in [-0.25, -0.2) is 0 Å². The maximum Gasteiger partial charge on any atom is 0.0994 e. The predicted octanol–water partition coefficient (Wildman–Crippen LogP) is 3.51. The molecule has 0 radical (unpaired) electrons. The first-order chi connectivity index (χ1) is 8.22. The van der Waals surface area contributed by atoms with Gasteiger partial charge in [0, 0.05) is 28.9 Å². The molecule has 1 aromatic heterocycles. The van der Waals surface area contributed by atoms with Crippen molar-refractivity contribution in [1.29, 1.82) is 5.26 Å². The van der Waals surface area contributed by atoms with Crippen LogP contribution in [0.5, 0.6) is 0 Å². The molecule has 2 heteroatoms. The van der Waals surface area contributed by atoms with Gasteiger partial charge < -0.3 is 4.57 Å². The van der Waals surface area contributed by atoms with E-state index in [0.717, 1.165) is 16.5 Å². The number of hydrogen-bond donors (Lipinski definition) is 0. The molecule has 0 saturated carbocycles. The molecule has 0 unspecified atom stereocenters. The van der Waals surface area contributed by atoms with Gasteiger partial charge in [-0.1, -0.05) is 18.2 Å². The number of nitrogens with zero attached hydrogens (tertiary/aromatic N) is 2. The van der Waals surface area contributed by atoms with Gasteiger partial charge in [0.1, 0.15) is 0 Å². The number of aryl methyl sites for hydroxylation is 2. The number of benzene rings is 2. The van der Waals surface area contributed by atoms with E-state index in [4.69, 9.17) is 5.26 Å². The Balaban J connectivity index is 2.59. The van der Waals surface area contributed by atoms with Crippen LogP contribution in [-0.4, -0.2) is 4.57 Å². The molecule has 3 rings (SSSR count). The highest BCUT2D eigenvalue weighted by molar-refractivity contribution is 6.08. The topological polar surface area (TPSA) is 28.7 Å². The fourth-order valence-corrected chi connectivity index (χ4v) is 2.43. The Bertz CT molecular complexity index is 773. The summed E-state index contributed by atoms with van der Waals surface area (Å²) >= 11 is 0. The van der Waals surface area contributed by atoms with Gasteiger partial charge in [-0.05, 0) is 30.7 Å². The number of aromatic nitrogens is 1. The first-order valence-electron chi connectivity index (χ1n) is 5.60. The molecule has 0 aliphatic carbocycles. The van der Waals surface area contributed by atoms with Crippen LogP contribution in [0, 0.1) is 18.3 Å². The van der Waals surface area contributed by atoms with Gasteiger partial charge in [0.25, 0.3) is 0 Å². The molecule has 0 saturated heterocycles. The van der Waals surface area contributed by atoms with Crippen molar-refractivity contribution in [3.63, 3.8) is 0 Å². The third-order valence-corrected chi connectivity index (χ3v) is 3.38. The van der Waals surface area contributed by atoms with Crippen LogP contribution >= 0.6 is 0 Å². The van der Waals surface area contributed by atoms with Gasteiger partial charge in [0.15, 0.2) is 0 Å². The number of rotatable bonds is 0. The van der Waals surface area contributed by atoms with Gasteiger partial charge in [-0.15, -0.1) is 0 Å². The molecule has 17 heavy (non-hydrogen) atoms. The SMILES string of the molecule is Cc1cc2c(cc1C#N)c1ccccc1n2C. The van der Waals surface area contributed by atoms with E-state index in [1.807, 2.05) is 25.1 Å². The first kappa shape index (κ1) is 9.92. The summed E-state index contributed by atoms with van der Waals surface area (Å²) < 4.78 is 2.18. The Kier molecular flexibility index (Phi) is 1.96. The van der Waals surface area contributed by atoms with Crippen molar-refractivity contribution in [2.75, 3.05) is 0 Å². The Morgan fingerprint density at radius 3 is 2.59 bits per heavy atom. The summed E-state index contributed by atoms with van der Waals surface area (Å²) in [4.78, 5) is 0. The second-order valence-electron chi connectivity index (χ2n) is 4.37. The van der Waals surface area contributed by atoms with Crippen LogP contribution in [-0.2, 0) is 7.05 Å². The van der Waals surface area contributed by atoms with Crippen LogP contribution < -0.4 is 0 Å². The zero-order valence-corrected chi connectivity index (χ0v) is 9.86. The van der Waals surface area contributed by atoms with Crippen LogP contribution in [0.1, 0.15) is 11.1 Å². The largest absolute Gasteiger partial charge is 0.344 e. The molecule has 0 amide bonds. The summed E-state index contributed by atoms with van der Waals surface area (Å²) in [7, 11) is 2.07. The maximum atomic E-state index is 9.10. The fraction of sp³-hybridized carbons (Fsp3) is 0.133. The van der Waals surface area contributed by atoms with Gasteiger partial charge in [0.05, 0.1) is 11.6 Å². The Morgan fingerprint density at radius 1 is 1.06 bits per heavy atom. The smallest absolute Gasteiger partial charge is 0.0994 e. The lowest BCUT2D eigenvalue weighted by Gasteiger charge is -2.00. The lowest BCUT2D eigenvalue weighted by molar-refractivity contribution is 1.01. The number of nitriles is 1. The number of hydrogen-bond acceptors (Lipinski definition) is 1. The monoisotopic (exact) mass is 220 g/mol. The maximum absolute atomic E-state index is 9.10. The minimum atomic E-state index is 0.758. The minimum absolute atomic E-state index is 0.758. The van der Waals surface area contributed by atoms with Crippen molar-refractivity contribution in [1.82, 2.24) is 4.57 Å². The van der Waals surface area contributed by atoms with Crippen LogP contribution in [0.3, 0.4) is 0 Å². The molecule has 0 fully saturated rings. The molecule has 0 aliphatic rings. The van der Waals surface area contributed by atoms with Gasteiger partial charge >= 0.3 is 0 Å². The zero-order chi connectivity index (χ0) is 12.0. The summed E-state index contributed by atoms with van der Waals surface area (Å²) in [5.41, 5.74) is 4.18. The van der Waals surface area contributed by atoms with Crippen molar-refractivity contribution in [3.05, 3.63) is 47.5 Å². The standard InChI is InChI=1S/C15H12N2/c1-10-7-15-13(8-11(10)9-16)12-5-3-4-6-14(12)17(15)2/h3-8H,1-2H3. The lowest BCUT2D eigenvalue weighted by atomic mass is 10.1. The second kappa shape index (κ2) is 3.36. The molecule has 82 valence electrons. The van der Waals surface area contributed by atoms with Crippen LogP contribution in [0.25, 0.3) is 21.8 Å². The molecule has 0 aliphatic heterocycles. The van der Waals surface area contributed by atoms with Crippen LogP contribution in [0.4, 0.5) is 0 Å². The van der Waals surface area contributed by atoms with Crippen molar-refractivity contribution in [2.45, 2.75) is 6.92 Å². The van der Waals surface area contributed by atoms with E-state index < -0.39 is 0 Å². The average Bonchev–Trinajstić information content (AvgIpc) is 2.63. The lowest BCUT2D eigenvalue weighted by Crippen LogP contribution is -1.88. The van der Waals surface area contributed by atoms with Crippen molar-refractivity contribution < 1.29 is 0 Å². The first-order valence-corrected chi connectivity index (χ1v) is 5.60. The number of para-hydroxylation sites is 1. The Hall–Kier alpha value is -2.27. The Labute approximate surface area is 99.7 Å². The van der Waals surface area contributed by atoms with Gasteiger partial charge in [-0.3, -0.25) is 0 Å². The van der Waals surface area contributed by atoms with E-state index >= 15 is 0 Å². The van der Waals surface area contributed by atoms with E-state index in [-0.39, 0.29) is 0 Å². The van der Waals surface area contributed by atoms with Gasteiger partial charge in [-0.2, -0.15) is 5.26 Å². The third kappa shape index (κ3) is 1.26. The van der Waals surface area contributed by atoms with Crippen LogP contribution in [0.15, 0.2) is 36.4 Å². The third-order valence-electron chi connectivity index (χ3n) is 3.38. The molecule has 2 nitrogen and oxygen atoms in total. The number of fused-ring (bicyclic) bond motifs is 3. The zero-order valence-electron chi connectivity index (χ0n) is 9.86. The van der Waals surface area contributed by atoms with Crippen molar-refractivity contribution >= 4 is 21.8 Å². The van der Waals surface area contributed by atoms with Crippen molar-refractivity contribution in [2.24, 2.45) is 7.05 Å². The highest BCUT2D eigenvalue weighted by atomic mass is 14.9. The normalized spacial score (nSPS) is 10.9. The summed E-state index contributed by atoms with van der Waals surface area (Å²) in [6.07, 6.45) is 0. The summed E-state index contributed by atoms with van der Waals surface area (Å²) in [6, 6.07) is 14.6. The average molecular weight is 220 g/mol. The fourth-order valence-electron chi connectivity index (χ4n) is 2.43. The molecular weight excluding hydrogens is 208 g/mol. The second-order valence-corrected chi connectivity index (χ2v) is 4.37. The molecule has 2 aromatic carbocycles. The molecule has 0 N–H and O–H groups in total. The van der Waals surface area contributed by atoms with Gasteiger partial charge in [0.2, 0.25) is 0 Å². The Morgan fingerprint density at radius 2 is 1.82 bits per heavy atom. The molecule has 0 spiro atoms. The highest BCUT2D eigenvalue weighted by Gasteiger charge is 2.09. The summed E-state index contributed by atoms with van der Waals surface area (Å²) in [6.45, 7) is 1.98. The van der Waals surface area contributed by atoms with E-state index in [0.29, 0.717) is 0 Å². The van der Waals surface area contributed by atoms with E-state index in [2.05, 4.69) is 35.9 Å². The minimum Gasteiger partial charge on any atom is -0.344 e. The van der Waals surface area contributed by atoms with E-state index in [9.17, 15) is 0 Å². The highest BCUT2D eigenvalue weighted by Crippen LogP contribution is 2.29. The molecule has 0 bridgehead atoms. The predicted molar refractivity (Wildman–Crippen MR) is 69.9 cm³/mol. The summed E-state index contributed by atoms with van der Waals surface area (Å²) in [5.74, 6) is 0. The summed E-state index contributed by atoms with van der Waals surface area (Å²) in [5, 5.41) is 11.5. The molecule has 3 aromatic rings. The van der Waals surface area contributed by atoms with E-state index in [1.54, 1.807) is 0 Å². The van der Waals surface area contributed by atoms with Crippen molar-refractivity contribution in [3.8, 4) is 6.07 Å². The van der Waals surface area contributed by atoms with E-state index in [1.165, 1.54) is 16.4 Å². The molecule has 1 heterocycles. The quantitative estimate of drug-likeness (QED) is 0.570.